The molecule has 0 spiro atoms. The minimum Gasteiger partial charge on any atom is -0.339 e. The van der Waals surface area contributed by atoms with Crippen molar-refractivity contribution in [2.45, 2.75) is 12.8 Å². The molecule has 1 fully saturated rings. The second kappa shape index (κ2) is 8.57. The highest BCUT2D eigenvalue weighted by molar-refractivity contribution is 7.80. The van der Waals surface area contributed by atoms with Crippen LogP contribution in [0, 0.1) is 10.1 Å². The number of nitrogens with zero attached hydrogens (tertiary/aromatic N) is 2. The summed E-state index contributed by atoms with van der Waals surface area (Å²) in [6.45, 7) is 1.56. The Morgan fingerprint density at radius 1 is 1.04 bits per heavy atom. The maximum atomic E-state index is 12.3. The first kappa shape index (κ1) is 19.4. The summed E-state index contributed by atoms with van der Waals surface area (Å²) in [6.07, 6.45) is 2.05. The van der Waals surface area contributed by atoms with Crippen LogP contribution in [-0.2, 0) is 0 Å². The summed E-state index contributed by atoms with van der Waals surface area (Å²) < 4.78 is 0. The maximum Gasteiger partial charge on any atom is 0.282 e. The molecule has 0 aromatic heterocycles. The highest BCUT2D eigenvalue weighted by atomic mass is 32.1. The Kier molecular flexibility index (Phi) is 5.95. The molecule has 0 aliphatic carbocycles. The van der Waals surface area contributed by atoms with Crippen LogP contribution >= 0.6 is 12.2 Å². The molecule has 8 nitrogen and oxygen atoms in total. The lowest BCUT2D eigenvalue weighted by Crippen LogP contribution is -2.34. The third-order valence-electron chi connectivity index (χ3n) is 4.36. The van der Waals surface area contributed by atoms with Gasteiger partial charge in [-0.1, -0.05) is 12.1 Å². The van der Waals surface area contributed by atoms with Gasteiger partial charge in [-0.25, -0.2) is 0 Å². The molecular weight excluding hydrogens is 380 g/mol. The fourth-order valence-corrected chi connectivity index (χ4v) is 3.17. The van der Waals surface area contributed by atoms with Gasteiger partial charge in [0, 0.05) is 30.4 Å². The molecule has 144 valence electrons. The van der Waals surface area contributed by atoms with E-state index in [2.05, 4.69) is 10.6 Å². The van der Waals surface area contributed by atoms with Crippen molar-refractivity contribution in [1.82, 2.24) is 10.2 Å². The van der Waals surface area contributed by atoms with Gasteiger partial charge in [-0.3, -0.25) is 25.0 Å². The quantitative estimate of drug-likeness (QED) is 0.466. The highest BCUT2D eigenvalue weighted by Crippen LogP contribution is 2.18. The van der Waals surface area contributed by atoms with E-state index in [1.54, 1.807) is 24.3 Å². The Morgan fingerprint density at radius 3 is 2.32 bits per heavy atom. The Morgan fingerprint density at radius 2 is 1.68 bits per heavy atom. The Balaban J connectivity index is 1.61. The minimum absolute atomic E-state index is 0.00164. The monoisotopic (exact) mass is 398 g/mol. The molecule has 0 radical (unpaired) electrons. The first-order valence-electron chi connectivity index (χ1n) is 8.71. The zero-order chi connectivity index (χ0) is 20.1. The fraction of sp³-hybridized carbons (Fsp3) is 0.211. The van der Waals surface area contributed by atoms with Crippen LogP contribution in [0.15, 0.2) is 48.5 Å². The van der Waals surface area contributed by atoms with Crippen molar-refractivity contribution in [3.8, 4) is 0 Å². The first-order chi connectivity index (χ1) is 13.5. The van der Waals surface area contributed by atoms with E-state index in [-0.39, 0.29) is 22.3 Å². The predicted molar refractivity (Wildman–Crippen MR) is 108 cm³/mol. The minimum atomic E-state index is -0.675. The van der Waals surface area contributed by atoms with Gasteiger partial charge in [0.15, 0.2) is 5.11 Å². The van der Waals surface area contributed by atoms with E-state index in [4.69, 9.17) is 12.2 Å². The van der Waals surface area contributed by atoms with Crippen LogP contribution < -0.4 is 10.6 Å². The van der Waals surface area contributed by atoms with Crippen LogP contribution in [0.4, 0.5) is 11.4 Å². The molecule has 1 aliphatic heterocycles. The summed E-state index contributed by atoms with van der Waals surface area (Å²) in [4.78, 5) is 36.8. The fourth-order valence-electron chi connectivity index (χ4n) is 2.96. The van der Waals surface area contributed by atoms with Gasteiger partial charge in [-0.15, -0.1) is 0 Å². The number of carbonyl (C=O) groups excluding carboxylic acids is 2. The summed E-state index contributed by atoms with van der Waals surface area (Å²) in [6, 6.07) is 12.4. The third-order valence-corrected chi connectivity index (χ3v) is 4.56. The van der Waals surface area contributed by atoms with Crippen LogP contribution in [0.25, 0.3) is 0 Å². The molecule has 0 atom stereocenters. The number of likely N-dealkylation sites (tertiary alicyclic amines) is 1. The molecule has 9 heteroatoms. The molecule has 0 unspecified atom stereocenters. The second-order valence-corrected chi connectivity index (χ2v) is 6.67. The molecule has 1 heterocycles. The molecule has 0 saturated carbocycles. The van der Waals surface area contributed by atoms with E-state index in [0.29, 0.717) is 11.3 Å². The molecule has 28 heavy (non-hydrogen) atoms. The standard InChI is InChI=1S/C19H18N4O4S/c24-17(15-5-1-2-6-16(15)23(26)27)21-19(28)20-14-9-7-13(8-10-14)18(25)22-11-3-4-12-22/h1-2,5-10H,3-4,11-12H2,(H2,20,21,24,28). The molecule has 3 rings (SSSR count). The number of nitro groups is 1. The third kappa shape index (κ3) is 4.49. The van der Waals surface area contributed by atoms with Crippen molar-refractivity contribution < 1.29 is 14.5 Å². The number of nitrogens with one attached hydrogen (secondary N) is 2. The van der Waals surface area contributed by atoms with Gasteiger partial charge in [0.1, 0.15) is 5.56 Å². The van der Waals surface area contributed by atoms with Crippen LogP contribution in [0.3, 0.4) is 0 Å². The maximum absolute atomic E-state index is 12.3. The zero-order valence-electron chi connectivity index (χ0n) is 14.9. The van der Waals surface area contributed by atoms with Gasteiger partial charge in [0.2, 0.25) is 0 Å². The number of benzene rings is 2. The molecule has 1 saturated heterocycles. The topological polar surface area (TPSA) is 105 Å². The molecule has 2 aromatic carbocycles. The number of thiocarbonyl (C=S) groups is 1. The summed E-state index contributed by atoms with van der Waals surface area (Å²) in [7, 11) is 0. The number of anilines is 1. The number of rotatable bonds is 4. The van der Waals surface area contributed by atoms with Gasteiger partial charge in [-0.05, 0) is 55.4 Å². The summed E-state index contributed by atoms with van der Waals surface area (Å²) in [5, 5.41) is 16.3. The average Bonchev–Trinajstić information content (AvgIpc) is 3.22. The first-order valence-corrected chi connectivity index (χ1v) is 9.11. The molecule has 2 N–H and O–H groups in total. The van der Waals surface area contributed by atoms with Gasteiger partial charge >= 0.3 is 0 Å². The smallest absolute Gasteiger partial charge is 0.282 e. The number of carbonyl (C=O) groups is 2. The van der Waals surface area contributed by atoms with Crippen LogP contribution in [-0.4, -0.2) is 39.8 Å². The van der Waals surface area contributed by atoms with Crippen LogP contribution in [0.1, 0.15) is 33.6 Å². The van der Waals surface area contributed by atoms with E-state index in [1.807, 2.05) is 4.90 Å². The van der Waals surface area contributed by atoms with Crippen molar-refractivity contribution >= 4 is 40.5 Å². The van der Waals surface area contributed by atoms with E-state index < -0.39 is 10.8 Å². The molecule has 0 bridgehead atoms. The largest absolute Gasteiger partial charge is 0.339 e. The lowest BCUT2D eigenvalue weighted by atomic mass is 10.1. The molecule has 1 aliphatic rings. The number of nitro benzene ring substituents is 1. The Hall–Kier alpha value is -3.33. The van der Waals surface area contributed by atoms with Gasteiger partial charge in [0.05, 0.1) is 4.92 Å². The predicted octanol–water partition coefficient (Wildman–Crippen LogP) is 2.96. The number of para-hydroxylation sites is 1. The summed E-state index contributed by atoms with van der Waals surface area (Å²) in [5.74, 6) is -0.679. The molecule has 2 aromatic rings. The van der Waals surface area contributed by atoms with Gasteiger partial charge in [0.25, 0.3) is 17.5 Å². The number of hydrogen-bond acceptors (Lipinski definition) is 5. The van der Waals surface area contributed by atoms with Crippen molar-refractivity contribution in [1.29, 1.82) is 0 Å². The Bertz CT molecular complexity index is 924. The van der Waals surface area contributed by atoms with Crippen molar-refractivity contribution in [3.63, 3.8) is 0 Å². The van der Waals surface area contributed by atoms with E-state index in [1.165, 1.54) is 24.3 Å². The lowest BCUT2D eigenvalue weighted by Gasteiger charge is -2.15. The van der Waals surface area contributed by atoms with Crippen molar-refractivity contribution in [3.05, 3.63) is 69.8 Å². The SMILES string of the molecule is O=C(NC(=S)Nc1ccc(C(=O)N2CCCC2)cc1)c1ccccc1[N+](=O)[O-]. The lowest BCUT2D eigenvalue weighted by molar-refractivity contribution is -0.385. The van der Waals surface area contributed by atoms with Crippen molar-refractivity contribution in [2.24, 2.45) is 0 Å². The second-order valence-electron chi connectivity index (χ2n) is 6.26. The summed E-state index contributed by atoms with van der Waals surface area (Å²) >= 11 is 5.10. The average molecular weight is 398 g/mol. The Labute approximate surface area is 166 Å². The highest BCUT2D eigenvalue weighted by Gasteiger charge is 2.21. The molecular formula is C19H18N4O4S. The summed E-state index contributed by atoms with van der Waals surface area (Å²) in [5.41, 5.74) is 0.795. The number of hydrogen-bond donors (Lipinski definition) is 2. The van der Waals surface area contributed by atoms with E-state index >= 15 is 0 Å². The van der Waals surface area contributed by atoms with E-state index in [0.717, 1.165) is 25.9 Å². The van der Waals surface area contributed by atoms with Gasteiger partial charge in [-0.2, -0.15) is 0 Å². The van der Waals surface area contributed by atoms with Crippen molar-refractivity contribution in [2.75, 3.05) is 18.4 Å². The van der Waals surface area contributed by atoms with Crippen LogP contribution in [0.2, 0.25) is 0 Å². The zero-order valence-corrected chi connectivity index (χ0v) is 15.7. The van der Waals surface area contributed by atoms with Gasteiger partial charge < -0.3 is 10.2 Å². The van der Waals surface area contributed by atoms with E-state index in [9.17, 15) is 19.7 Å². The normalized spacial score (nSPS) is 13.1. The number of amides is 2. The van der Waals surface area contributed by atoms with Crippen LogP contribution in [0.5, 0.6) is 0 Å². The molecule has 2 amide bonds.